The number of aromatic nitrogens is 4. The van der Waals surface area contributed by atoms with Crippen LogP contribution in [0.3, 0.4) is 0 Å². The lowest BCUT2D eigenvalue weighted by molar-refractivity contribution is 0.408. The zero-order valence-electron chi connectivity index (χ0n) is 4.61. The molecule has 0 saturated heterocycles. The zero-order chi connectivity index (χ0) is 6.81. The smallest absolute Gasteiger partial charge is 0.316 e. The Kier molecular flexibility index (Phi) is 0.970. The third kappa shape index (κ3) is 0.661. The maximum Gasteiger partial charge on any atom is 0.316 e. The summed E-state index contributed by atoms with van der Waals surface area (Å²) in [6.45, 7) is 0. The number of hydrogen-bond donors (Lipinski definition) is 0. The minimum absolute atomic E-state index is 0.171. The molecular weight excluding hydrogens is 136 g/mol. The van der Waals surface area contributed by atoms with Crippen molar-refractivity contribution < 1.29 is 8.94 Å². The van der Waals surface area contributed by atoms with Gasteiger partial charge in [0.05, 0.1) is 0 Å². The topological polar surface area (TPSA) is 77.8 Å². The van der Waals surface area contributed by atoms with E-state index >= 15 is 0 Å². The van der Waals surface area contributed by atoms with Gasteiger partial charge in [-0.3, -0.25) is 0 Å². The summed E-state index contributed by atoms with van der Waals surface area (Å²) in [5.74, 6) is 0.388. The summed E-state index contributed by atoms with van der Waals surface area (Å²) < 4.78 is 8.94. The van der Waals surface area contributed by atoms with E-state index in [1.165, 1.54) is 0 Å². The first-order chi connectivity index (χ1) is 4.97. The van der Waals surface area contributed by atoms with E-state index in [9.17, 15) is 0 Å². The first-order valence-electron chi connectivity index (χ1n) is 2.36. The average Bonchev–Trinajstić information content (AvgIpc) is 2.59. The Bertz CT molecular complexity index is 255. The Balaban J connectivity index is 2.48. The molecule has 0 atom stereocenters. The summed E-state index contributed by atoms with van der Waals surface area (Å²) >= 11 is 0. The van der Waals surface area contributed by atoms with Gasteiger partial charge in [0, 0.05) is 0 Å². The molecule has 0 spiro atoms. The number of nitrogens with zero attached hydrogens (tertiary/aromatic N) is 4. The average molecular weight is 136 g/mol. The highest BCUT2D eigenvalue weighted by atomic mass is 16.5. The van der Waals surface area contributed by atoms with Crippen molar-refractivity contribution in [2.45, 2.75) is 0 Å². The molecule has 0 fully saturated rings. The van der Waals surface area contributed by atoms with Gasteiger partial charge in [-0.25, -0.2) is 0 Å². The van der Waals surface area contributed by atoms with Crippen molar-refractivity contribution in [3.8, 4) is 11.7 Å². The SMILES string of the molecule is [c]1nc(-c2nn[c]o2)no1. The molecule has 0 aliphatic carbocycles. The van der Waals surface area contributed by atoms with Crippen molar-refractivity contribution in [1.82, 2.24) is 20.3 Å². The molecule has 6 nitrogen and oxygen atoms in total. The van der Waals surface area contributed by atoms with Gasteiger partial charge in [-0.2, -0.15) is 4.98 Å². The van der Waals surface area contributed by atoms with Crippen LogP contribution in [-0.2, 0) is 0 Å². The lowest BCUT2D eigenvalue weighted by Crippen LogP contribution is -1.78. The van der Waals surface area contributed by atoms with Crippen molar-refractivity contribution in [2.75, 3.05) is 0 Å². The minimum Gasteiger partial charge on any atom is -0.409 e. The quantitative estimate of drug-likeness (QED) is 0.536. The van der Waals surface area contributed by atoms with Crippen LogP contribution in [0.25, 0.3) is 11.7 Å². The monoisotopic (exact) mass is 136 g/mol. The van der Waals surface area contributed by atoms with Gasteiger partial charge in [0.2, 0.25) is 0 Å². The van der Waals surface area contributed by atoms with E-state index < -0.39 is 0 Å². The lowest BCUT2D eigenvalue weighted by Gasteiger charge is -1.75. The van der Waals surface area contributed by atoms with Crippen LogP contribution in [0.2, 0.25) is 0 Å². The van der Waals surface area contributed by atoms with Crippen LogP contribution in [0.1, 0.15) is 0 Å². The van der Waals surface area contributed by atoms with E-state index in [1.807, 2.05) is 0 Å². The fraction of sp³-hybridized carbons (Fsp3) is 0. The van der Waals surface area contributed by atoms with Gasteiger partial charge in [-0.15, -0.1) is 10.2 Å². The van der Waals surface area contributed by atoms with Crippen LogP contribution < -0.4 is 0 Å². The van der Waals surface area contributed by atoms with E-state index in [1.54, 1.807) is 0 Å². The van der Waals surface area contributed by atoms with Crippen LogP contribution in [0.5, 0.6) is 0 Å². The molecule has 10 heavy (non-hydrogen) atoms. The van der Waals surface area contributed by atoms with Crippen molar-refractivity contribution in [3.63, 3.8) is 0 Å². The molecule has 0 aromatic carbocycles. The Morgan fingerprint density at radius 2 is 2.30 bits per heavy atom. The summed E-state index contributed by atoms with van der Waals surface area (Å²) in [5, 5.41) is 10.2. The molecule has 0 aliphatic heterocycles. The van der Waals surface area contributed by atoms with Crippen LogP contribution in [0.15, 0.2) is 8.94 Å². The fourth-order valence-electron chi connectivity index (χ4n) is 0.475. The Hall–Kier alpha value is -1.72. The molecule has 0 saturated carbocycles. The minimum atomic E-state index is 0.171. The van der Waals surface area contributed by atoms with E-state index in [2.05, 4.69) is 42.1 Å². The molecule has 0 aliphatic rings. The number of rotatable bonds is 1. The predicted octanol–water partition coefficient (Wildman–Crippen LogP) is -0.280. The molecule has 2 aromatic heterocycles. The predicted molar refractivity (Wildman–Crippen MR) is 25.3 cm³/mol. The van der Waals surface area contributed by atoms with Gasteiger partial charge in [-0.1, -0.05) is 5.16 Å². The second-order valence-corrected chi connectivity index (χ2v) is 1.41. The molecule has 0 amide bonds. The lowest BCUT2D eigenvalue weighted by atomic mass is 10.6. The van der Waals surface area contributed by atoms with Crippen molar-refractivity contribution in [3.05, 3.63) is 12.8 Å². The molecule has 0 unspecified atom stereocenters. The van der Waals surface area contributed by atoms with Crippen molar-refractivity contribution in [1.29, 1.82) is 0 Å². The summed E-state index contributed by atoms with van der Waals surface area (Å²) in [7, 11) is 0. The van der Waals surface area contributed by atoms with E-state index in [0.717, 1.165) is 0 Å². The normalized spacial score (nSPS) is 10.0. The largest absolute Gasteiger partial charge is 0.409 e. The van der Waals surface area contributed by atoms with Gasteiger partial charge in [-0.05, 0) is 0 Å². The summed E-state index contributed by atoms with van der Waals surface area (Å²) in [5.41, 5.74) is 0. The second-order valence-electron chi connectivity index (χ2n) is 1.41. The summed E-state index contributed by atoms with van der Waals surface area (Å²) in [6, 6.07) is 0. The maximum absolute atomic E-state index is 4.63. The Labute approximate surface area is 54.9 Å². The molecule has 6 heteroatoms. The number of hydrogen-bond acceptors (Lipinski definition) is 6. The Morgan fingerprint density at radius 3 is 2.90 bits per heavy atom. The molecule has 2 rings (SSSR count). The van der Waals surface area contributed by atoms with Crippen molar-refractivity contribution >= 4 is 0 Å². The second kappa shape index (κ2) is 1.90. The molecule has 0 bridgehead atoms. The van der Waals surface area contributed by atoms with Gasteiger partial charge in [0.15, 0.2) is 0 Å². The third-order valence-corrected chi connectivity index (χ3v) is 0.840. The molecular formula is C4N4O2. The molecule has 2 aromatic rings. The van der Waals surface area contributed by atoms with E-state index in [-0.39, 0.29) is 11.7 Å². The fourth-order valence-corrected chi connectivity index (χ4v) is 0.475. The van der Waals surface area contributed by atoms with Crippen LogP contribution in [0, 0.1) is 12.8 Å². The first kappa shape index (κ1) is 5.10. The highest BCUT2D eigenvalue weighted by Gasteiger charge is 2.07. The van der Waals surface area contributed by atoms with Gasteiger partial charge in [0.1, 0.15) is 0 Å². The van der Waals surface area contributed by atoms with Gasteiger partial charge >= 0.3 is 12.8 Å². The third-order valence-electron chi connectivity index (χ3n) is 0.840. The van der Waals surface area contributed by atoms with E-state index in [4.69, 9.17) is 0 Å². The maximum atomic E-state index is 4.63. The highest BCUT2D eigenvalue weighted by Crippen LogP contribution is 2.06. The van der Waals surface area contributed by atoms with Crippen LogP contribution >= 0.6 is 0 Å². The van der Waals surface area contributed by atoms with Gasteiger partial charge in [0.25, 0.3) is 11.7 Å². The van der Waals surface area contributed by atoms with Crippen LogP contribution in [0.4, 0.5) is 0 Å². The van der Waals surface area contributed by atoms with Gasteiger partial charge < -0.3 is 8.94 Å². The van der Waals surface area contributed by atoms with E-state index in [0.29, 0.717) is 0 Å². The molecule has 2 radical (unpaired) electrons. The standard InChI is InChI=1S/C4N4O2/c1-5-3(8-10-1)4-7-6-2-9-4. The van der Waals surface area contributed by atoms with Crippen molar-refractivity contribution in [2.24, 2.45) is 0 Å². The molecule has 48 valence electrons. The summed E-state index contributed by atoms with van der Waals surface area (Å²) in [4.78, 5) is 3.54. The summed E-state index contributed by atoms with van der Waals surface area (Å²) in [6.07, 6.45) is 4.29. The highest BCUT2D eigenvalue weighted by molar-refractivity contribution is 5.35. The first-order valence-corrected chi connectivity index (χ1v) is 2.36. The molecule has 2 heterocycles. The zero-order valence-corrected chi connectivity index (χ0v) is 4.61. The van der Waals surface area contributed by atoms with Crippen LogP contribution in [-0.4, -0.2) is 20.3 Å². The Morgan fingerprint density at radius 1 is 1.30 bits per heavy atom. The molecule has 0 N–H and O–H groups in total.